The number of hydrogen-bond acceptors (Lipinski definition) is 3. The van der Waals surface area contributed by atoms with Crippen LogP contribution in [0.25, 0.3) is 0 Å². The molecular weight excluding hydrogens is 343 g/mol. The van der Waals surface area contributed by atoms with Crippen LogP contribution in [0, 0.1) is 0 Å². The average molecular weight is 356 g/mol. The first-order valence-corrected chi connectivity index (χ1v) is 6.31. The van der Waals surface area contributed by atoms with E-state index in [0.29, 0.717) is 4.47 Å². The maximum atomic E-state index is 12.3. The molecule has 0 saturated carbocycles. The highest BCUT2D eigenvalue weighted by Crippen LogP contribution is 2.32. The lowest BCUT2D eigenvalue weighted by Crippen LogP contribution is -2.27. The largest absolute Gasteiger partial charge is 0.573 e. The molecule has 0 spiro atoms. The van der Waals surface area contributed by atoms with Gasteiger partial charge < -0.3 is 9.47 Å². The molecule has 0 heterocycles. The molecule has 0 aromatic heterocycles. The Morgan fingerprint density at radius 3 is 2.35 bits per heavy atom. The summed E-state index contributed by atoms with van der Waals surface area (Å²) in [5, 5.41) is 2.21. The molecule has 1 N–H and O–H groups in total. The van der Waals surface area contributed by atoms with E-state index in [1.54, 1.807) is 20.8 Å². The van der Waals surface area contributed by atoms with Gasteiger partial charge in [0.25, 0.3) is 0 Å². The minimum absolute atomic E-state index is 0.147. The summed E-state index contributed by atoms with van der Waals surface area (Å²) in [6, 6.07) is 3.73. The third-order valence-corrected chi connectivity index (χ3v) is 2.30. The van der Waals surface area contributed by atoms with Gasteiger partial charge in [-0.1, -0.05) is 15.9 Å². The molecule has 20 heavy (non-hydrogen) atoms. The van der Waals surface area contributed by atoms with Crippen molar-refractivity contribution in [2.24, 2.45) is 0 Å². The van der Waals surface area contributed by atoms with Crippen LogP contribution in [0.1, 0.15) is 20.8 Å². The number of halogens is 4. The smallest absolute Gasteiger partial charge is 0.444 e. The van der Waals surface area contributed by atoms with Gasteiger partial charge in [-0.25, -0.2) is 4.79 Å². The molecule has 8 heteroatoms. The normalized spacial score (nSPS) is 11.9. The van der Waals surface area contributed by atoms with E-state index >= 15 is 0 Å². The summed E-state index contributed by atoms with van der Waals surface area (Å²) in [5.41, 5.74) is -0.910. The Labute approximate surface area is 122 Å². The van der Waals surface area contributed by atoms with Crippen molar-refractivity contribution in [3.8, 4) is 5.75 Å². The number of nitrogens with one attached hydrogen (secondary N) is 1. The van der Waals surface area contributed by atoms with E-state index in [-0.39, 0.29) is 5.69 Å². The number of alkyl halides is 3. The van der Waals surface area contributed by atoms with Crippen LogP contribution in [-0.2, 0) is 4.74 Å². The number of rotatable bonds is 2. The second kappa shape index (κ2) is 5.90. The summed E-state index contributed by atoms with van der Waals surface area (Å²) in [4.78, 5) is 11.6. The number of ether oxygens (including phenoxy) is 2. The van der Waals surface area contributed by atoms with Crippen LogP contribution < -0.4 is 10.1 Å². The Morgan fingerprint density at radius 1 is 1.25 bits per heavy atom. The van der Waals surface area contributed by atoms with Crippen LogP contribution in [0.4, 0.5) is 23.7 Å². The van der Waals surface area contributed by atoms with Crippen LogP contribution in [0.3, 0.4) is 0 Å². The molecule has 112 valence electrons. The minimum atomic E-state index is -4.85. The quantitative estimate of drug-likeness (QED) is 0.836. The molecule has 0 fully saturated rings. The number of carbonyl (C=O) groups excluding carboxylic acids is 1. The van der Waals surface area contributed by atoms with Gasteiger partial charge in [0.1, 0.15) is 5.60 Å². The summed E-state index contributed by atoms with van der Waals surface area (Å²) in [5.74, 6) is -0.522. The van der Waals surface area contributed by atoms with Gasteiger partial charge in [0, 0.05) is 4.47 Å². The summed E-state index contributed by atoms with van der Waals surface area (Å²) >= 11 is 3.10. The van der Waals surface area contributed by atoms with E-state index in [1.807, 2.05) is 0 Å². The lowest BCUT2D eigenvalue weighted by molar-refractivity contribution is -0.274. The number of benzene rings is 1. The lowest BCUT2D eigenvalue weighted by atomic mass is 10.2. The zero-order valence-electron chi connectivity index (χ0n) is 11.0. The molecular formula is C12H13BrF3NO3. The zero-order valence-corrected chi connectivity index (χ0v) is 12.6. The van der Waals surface area contributed by atoms with Crippen molar-refractivity contribution < 1.29 is 27.4 Å². The number of hydrogen-bond donors (Lipinski definition) is 1. The van der Waals surface area contributed by atoms with Crippen LogP contribution in [0.2, 0.25) is 0 Å². The molecule has 0 aliphatic carbocycles. The van der Waals surface area contributed by atoms with Crippen molar-refractivity contribution in [1.29, 1.82) is 0 Å². The summed E-state index contributed by atoms with van der Waals surface area (Å²) in [6.45, 7) is 4.92. The Bertz CT molecular complexity index is 498. The second-order valence-corrected chi connectivity index (χ2v) is 5.73. The van der Waals surface area contributed by atoms with E-state index < -0.39 is 23.8 Å². The van der Waals surface area contributed by atoms with Gasteiger partial charge in [0.15, 0.2) is 5.75 Å². The number of anilines is 1. The molecule has 1 aromatic rings. The highest BCUT2D eigenvalue weighted by molar-refractivity contribution is 9.10. The van der Waals surface area contributed by atoms with Crippen LogP contribution in [0.15, 0.2) is 22.7 Å². The number of amides is 1. The van der Waals surface area contributed by atoms with E-state index in [2.05, 4.69) is 26.0 Å². The molecule has 0 bridgehead atoms. The molecule has 1 rings (SSSR count). The van der Waals surface area contributed by atoms with E-state index in [0.717, 1.165) is 6.07 Å². The molecule has 1 aromatic carbocycles. The van der Waals surface area contributed by atoms with Gasteiger partial charge in [-0.15, -0.1) is 13.2 Å². The third kappa shape index (κ3) is 6.14. The van der Waals surface area contributed by atoms with E-state index in [9.17, 15) is 18.0 Å². The van der Waals surface area contributed by atoms with E-state index in [4.69, 9.17) is 4.74 Å². The van der Waals surface area contributed by atoms with Gasteiger partial charge in [-0.3, -0.25) is 5.32 Å². The van der Waals surface area contributed by atoms with Gasteiger partial charge in [-0.2, -0.15) is 0 Å². The van der Waals surface area contributed by atoms with Crippen molar-refractivity contribution in [3.05, 3.63) is 22.7 Å². The second-order valence-electron chi connectivity index (χ2n) is 4.82. The minimum Gasteiger partial charge on any atom is -0.444 e. The SMILES string of the molecule is CC(C)(C)OC(=O)Nc1cc(Br)ccc1OC(F)(F)F. The fourth-order valence-electron chi connectivity index (χ4n) is 1.23. The molecule has 0 atom stereocenters. The molecule has 0 aliphatic heterocycles. The maximum absolute atomic E-state index is 12.3. The summed E-state index contributed by atoms with van der Waals surface area (Å²) < 4.78 is 46.0. The van der Waals surface area contributed by atoms with Crippen LogP contribution >= 0.6 is 15.9 Å². The Kier molecular flexibility index (Phi) is 4.90. The first-order valence-electron chi connectivity index (χ1n) is 5.51. The summed E-state index contributed by atoms with van der Waals surface area (Å²) in [7, 11) is 0. The molecule has 0 unspecified atom stereocenters. The monoisotopic (exact) mass is 355 g/mol. The van der Waals surface area contributed by atoms with Gasteiger partial charge in [0.05, 0.1) is 5.69 Å². The highest BCUT2D eigenvalue weighted by atomic mass is 79.9. The van der Waals surface area contributed by atoms with Crippen molar-refractivity contribution in [3.63, 3.8) is 0 Å². The standard InChI is InChI=1S/C12H13BrF3NO3/c1-11(2,3)20-10(18)17-8-6-7(13)4-5-9(8)19-12(14,15)16/h4-6H,1-3H3,(H,17,18). The number of carbonyl (C=O) groups is 1. The van der Waals surface area contributed by atoms with Gasteiger partial charge in [-0.05, 0) is 39.0 Å². The fourth-order valence-corrected chi connectivity index (χ4v) is 1.59. The predicted octanol–water partition coefficient (Wildman–Crippen LogP) is 4.69. The van der Waals surface area contributed by atoms with Crippen molar-refractivity contribution in [1.82, 2.24) is 0 Å². The highest BCUT2D eigenvalue weighted by Gasteiger charge is 2.32. The molecule has 0 aliphatic rings. The Hall–Kier alpha value is -1.44. The molecule has 0 radical (unpaired) electrons. The van der Waals surface area contributed by atoms with Gasteiger partial charge in [0.2, 0.25) is 0 Å². The first kappa shape index (κ1) is 16.6. The zero-order chi connectivity index (χ0) is 15.6. The Morgan fingerprint density at radius 2 is 1.85 bits per heavy atom. The third-order valence-electron chi connectivity index (χ3n) is 1.80. The first-order chi connectivity index (χ1) is 8.96. The predicted molar refractivity (Wildman–Crippen MR) is 70.7 cm³/mol. The van der Waals surface area contributed by atoms with Crippen LogP contribution in [0.5, 0.6) is 5.75 Å². The van der Waals surface area contributed by atoms with E-state index in [1.165, 1.54) is 12.1 Å². The topological polar surface area (TPSA) is 47.6 Å². The van der Waals surface area contributed by atoms with Crippen molar-refractivity contribution >= 4 is 27.7 Å². The maximum Gasteiger partial charge on any atom is 0.573 e. The molecule has 4 nitrogen and oxygen atoms in total. The van der Waals surface area contributed by atoms with Crippen molar-refractivity contribution in [2.75, 3.05) is 5.32 Å². The lowest BCUT2D eigenvalue weighted by Gasteiger charge is -2.20. The molecule has 1 amide bonds. The fraction of sp³-hybridized carbons (Fsp3) is 0.417. The van der Waals surface area contributed by atoms with Crippen molar-refractivity contribution in [2.45, 2.75) is 32.7 Å². The van der Waals surface area contributed by atoms with Crippen LogP contribution in [-0.4, -0.2) is 18.1 Å². The molecule has 0 saturated heterocycles. The average Bonchev–Trinajstić information content (AvgIpc) is 2.17. The van der Waals surface area contributed by atoms with Gasteiger partial charge >= 0.3 is 12.5 Å². The Balaban J connectivity index is 2.93. The summed E-state index contributed by atoms with van der Waals surface area (Å²) in [6.07, 6.45) is -5.72.